The van der Waals surface area contributed by atoms with Gasteiger partial charge in [-0.2, -0.15) is 0 Å². The lowest BCUT2D eigenvalue weighted by Crippen LogP contribution is -2.26. The molecule has 0 spiro atoms. The van der Waals surface area contributed by atoms with Gasteiger partial charge in [-0.1, -0.05) is 26.0 Å². The zero-order valence-electron chi connectivity index (χ0n) is 10.6. The lowest BCUT2D eigenvalue weighted by atomic mass is 10.0. The van der Waals surface area contributed by atoms with E-state index in [1.165, 1.54) is 11.1 Å². The number of ketones is 1. The van der Waals surface area contributed by atoms with Gasteiger partial charge in [-0.3, -0.25) is 4.79 Å². The van der Waals surface area contributed by atoms with Gasteiger partial charge >= 0.3 is 0 Å². The van der Waals surface area contributed by atoms with E-state index in [1.807, 2.05) is 25.1 Å². The van der Waals surface area contributed by atoms with Gasteiger partial charge in [-0.25, -0.2) is 0 Å². The van der Waals surface area contributed by atoms with Gasteiger partial charge < -0.3 is 5.32 Å². The van der Waals surface area contributed by atoms with Gasteiger partial charge in [0.2, 0.25) is 0 Å². The van der Waals surface area contributed by atoms with Crippen LogP contribution in [0.1, 0.15) is 35.3 Å². The third-order valence-corrected chi connectivity index (χ3v) is 2.67. The maximum atomic E-state index is 11.8. The number of rotatable bonds is 5. The van der Waals surface area contributed by atoms with Crippen molar-refractivity contribution in [3.63, 3.8) is 0 Å². The summed E-state index contributed by atoms with van der Waals surface area (Å²) in [7, 11) is 0. The van der Waals surface area contributed by atoms with Crippen LogP contribution in [-0.2, 0) is 0 Å². The van der Waals surface area contributed by atoms with Crippen molar-refractivity contribution >= 4 is 5.78 Å². The van der Waals surface area contributed by atoms with Crippen molar-refractivity contribution in [2.24, 2.45) is 5.92 Å². The SMILES string of the molecule is Cc1ccc(C(=O)CNCC(C)C)cc1C. The molecule has 0 unspecified atom stereocenters. The van der Waals surface area contributed by atoms with E-state index in [9.17, 15) is 4.79 Å². The molecule has 0 aliphatic heterocycles. The lowest BCUT2D eigenvalue weighted by Gasteiger charge is -2.07. The first-order valence-corrected chi connectivity index (χ1v) is 5.82. The normalized spacial score (nSPS) is 10.8. The fourth-order valence-corrected chi connectivity index (χ4v) is 1.49. The minimum atomic E-state index is 0.170. The molecule has 0 aromatic heterocycles. The lowest BCUT2D eigenvalue weighted by molar-refractivity contribution is 0.0990. The molecule has 1 rings (SSSR count). The molecule has 16 heavy (non-hydrogen) atoms. The molecule has 1 N–H and O–H groups in total. The molecule has 0 aliphatic carbocycles. The smallest absolute Gasteiger partial charge is 0.176 e. The molecule has 0 bridgehead atoms. The van der Waals surface area contributed by atoms with E-state index in [0.29, 0.717) is 12.5 Å². The third-order valence-electron chi connectivity index (χ3n) is 2.67. The van der Waals surface area contributed by atoms with Crippen LogP contribution in [0.5, 0.6) is 0 Å². The molecule has 0 aliphatic rings. The van der Waals surface area contributed by atoms with Crippen molar-refractivity contribution in [1.29, 1.82) is 0 Å². The van der Waals surface area contributed by atoms with Crippen molar-refractivity contribution in [1.82, 2.24) is 5.32 Å². The molecule has 0 saturated heterocycles. The largest absolute Gasteiger partial charge is 0.309 e. The highest BCUT2D eigenvalue weighted by Crippen LogP contribution is 2.10. The maximum Gasteiger partial charge on any atom is 0.176 e. The Bertz CT molecular complexity index is 369. The van der Waals surface area contributed by atoms with Gasteiger partial charge in [0.05, 0.1) is 6.54 Å². The highest BCUT2D eigenvalue weighted by molar-refractivity contribution is 5.97. The van der Waals surface area contributed by atoms with Gasteiger partial charge in [-0.05, 0) is 43.5 Å². The Balaban J connectivity index is 2.56. The van der Waals surface area contributed by atoms with Crippen LogP contribution in [-0.4, -0.2) is 18.9 Å². The van der Waals surface area contributed by atoms with E-state index in [0.717, 1.165) is 12.1 Å². The second-order valence-electron chi connectivity index (χ2n) is 4.75. The molecule has 1 aromatic carbocycles. The molecule has 0 fully saturated rings. The molecule has 2 heteroatoms. The fourth-order valence-electron chi connectivity index (χ4n) is 1.49. The number of aryl methyl sites for hydroxylation is 2. The summed E-state index contributed by atoms with van der Waals surface area (Å²) in [4.78, 5) is 11.8. The van der Waals surface area contributed by atoms with E-state index in [-0.39, 0.29) is 5.78 Å². The molecule has 2 nitrogen and oxygen atoms in total. The monoisotopic (exact) mass is 219 g/mol. The van der Waals surface area contributed by atoms with Gasteiger partial charge in [0.15, 0.2) is 5.78 Å². The van der Waals surface area contributed by atoms with Crippen molar-refractivity contribution in [3.8, 4) is 0 Å². The van der Waals surface area contributed by atoms with Crippen molar-refractivity contribution < 1.29 is 4.79 Å². The summed E-state index contributed by atoms with van der Waals surface area (Å²) in [6, 6.07) is 5.88. The average molecular weight is 219 g/mol. The van der Waals surface area contributed by atoms with Crippen LogP contribution in [0.4, 0.5) is 0 Å². The summed E-state index contributed by atoms with van der Waals surface area (Å²) in [6.45, 7) is 9.67. The fraction of sp³-hybridized carbons (Fsp3) is 0.500. The minimum Gasteiger partial charge on any atom is -0.309 e. The van der Waals surface area contributed by atoms with Crippen molar-refractivity contribution in [2.75, 3.05) is 13.1 Å². The Morgan fingerprint density at radius 2 is 1.94 bits per heavy atom. The highest BCUT2D eigenvalue weighted by atomic mass is 16.1. The molecule has 0 radical (unpaired) electrons. The number of hydrogen-bond donors (Lipinski definition) is 1. The van der Waals surface area contributed by atoms with E-state index >= 15 is 0 Å². The number of hydrogen-bond acceptors (Lipinski definition) is 2. The summed E-state index contributed by atoms with van der Waals surface area (Å²) in [5.74, 6) is 0.747. The highest BCUT2D eigenvalue weighted by Gasteiger charge is 2.06. The van der Waals surface area contributed by atoms with Crippen LogP contribution in [0, 0.1) is 19.8 Å². The summed E-state index contributed by atoms with van der Waals surface area (Å²) < 4.78 is 0. The second-order valence-corrected chi connectivity index (χ2v) is 4.75. The number of nitrogens with one attached hydrogen (secondary N) is 1. The van der Waals surface area contributed by atoms with Crippen molar-refractivity contribution in [3.05, 3.63) is 34.9 Å². The predicted octanol–water partition coefficient (Wildman–Crippen LogP) is 2.73. The molecule has 88 valence electrons. The predicted molar refractivity (Wildman–Crippen MR) is 68.0 cm³/mol. The van der Waals surface area contributed by atoms with Gasteiger partial charge in [-0.15, -0.1) is 0 Å². The van der Waals surface area contributed by atoms with Crippen LogP contribution in [0.2, 0.25) is 0 Å². The molecule has 0 saturated carbocycles. The Hall–Kier alpha value is -1.15. The molecule has 0 amide bonds. The standard InChI is InChI=1S/C14H21NO/c1-10(2)8-15-9-14(16)13-6-5-11(3)12(4)7-13/h5-7,10,15H,8-9H2,1-4H3. The number of carbonyl (C=O) groups excluding carboxylic acids is 1. The zero-order valence-corrected chi connectivity index (χ0v) is 10.6. The Morgan fingerprint density at radius 3 is 2.50 bits per heavy atom. The summed E-state index contributed by atoms with van der Waals surface area (Å²) in [5, 5.41) is 3.17. The summed E-state index contributed by atoms with van der Waals surface area (Å²) in [5.41, 5.74) is 3.21. The van der Waals surface area contributed by atoms with E-state index < -0.39 is 0 Å². The summed E-state index contributed by atoms with van der Waals surface area (Å²) in [6.07, 6.45) is 0. The molecule has 0 atom stereocenters. The minimum absolute atomic E-state index is 0.170. The first-order valence-electron chi connectivity index (χ1n) is 5.82. The van der Waals surface area contributed by atoms with Crippen LogP contribution < -0.4 is 5.32 Å². The van der Waals surface area contributed by atoms with E-state index in [4.69, 9.17) is 0 Å². The van der Waals surface area contributed by atoms with Gasteiger partial charge in [0.25, 0.3) is 0 Å². The second kappa shape index (κ2) is 5.80. The topological polar surface area (TPSA) is 29.1 Å². The maximum absolute atomic E-state index is 11.8. The van der Waals surface area contributed by atoms with Gasteiger partial charge in [0.1, 0.15) is 0 Å². The first kappa shape index (κ1) is 12.9. The molecular weight excluding hydrogens is 198 g/mol. The Morgan fingerprint density at radius 1 is 1.25 bits per heavy atom. The van der Waals surface area contributed by atoms with Crippen LogP contribution in [0.15, 0.2) is 18.2 Å². The first-order chi connectivity index (χ1) is 7.50. The van der Waals surface area contributed by atoms with Crippen LogP contribution >= 0.6 is 0 Å². The number of carbonyl (C=O) groups is 1. The third kappa shape index (κ3) is 3.78. The molecule has 1 aromatic rings. The Kier molecular flexibility index (Phi) is 4.69. The average Bonchev–Trinajstić information content (AvgIpc) is 2.21. The number of Topliss-reactive ketones (excluding diaryl/α,β-unsaturated/α-hetero) is 1. The number of benzene rings is 1. The summed E-state index contributed by atoms with van der Waals surface area (Å²) >= 11 is 0. The Labute approximate surface area is 98.1 Å². The van der Waals surface area contributed by atoms with Crippen LogP contribution in [0.25, 0.3) is 0 Å². The van der Waals surface area contributed by atoms with E-state index in [1.54, 1.807) is 0 Å². The van der Waals surface area contributed by atoms with Gasteiger partial charge in [0, 0.05) is 5.56 Å². The van der Waals surface area contributed by atoms with Crippen LogP contribution in [0.3, 0.4) is 0 Å². The van der Waals surface area contributed by atoms with Crippen molar-refractivity contribution in [2.45, 2.75) is 27.7 Å². The quantitative estimate of drug-likeness (QED) is 0.771. The molecular formula is C14H21NO. The van der Waals surface area contributed by atoms with E-state index in [2.05, 4.69) is 26.1 Å². The molecule has 0 heterocycles. The zero-order chi connectivity index (χ0) is 12.1.